The molecule has 0 amide bonds. The second-order valence-corrected chi connectivity index (χ2v) is 10.2. The number of fused-ring (bicyclic) bond motifs is 1. The summed E-state index contributed by atoms with van der Waals surface area (Å²) in [4.78, 5) is 17.6. The quantitative estimate of drug-likeness (QED) is 0.541. The Kier molecular flexibility index (Phi) is 5.01. The fourth-order valence-corrected chi connectivity index (χ4v) is 6.53. The summed E-state index contributed by atoms with van der Waals surface area (Å²) in [6.45, 7) is 1.80. The summed E-state index contributed by atoms with van der Waals surface area (Å²) in [5.74, 6) is 1.46. The highest BCUT2D eigenvalue weighted by molar-refractivity contribution is 7.99. The van der Waals surface area contributed by atoms with Crippen LogP contribution in [0.2, 0.25) is 5.02 Å². The Labute approximate surface area is 188 Å². The number of hydrogen-bond donors (Lipinski definition) is 3. The van der Waals surface area contributed by atoms with Crippen LogP contribution in [0.3, 0.4) is 0 Å². The summed E-state index contributed by atoms with van der Waals surface area (Å²) in [6.07, 6.45) is 6.56. The molecule has 1 atom stereocenters. The molecule has 0 saturated carbocycles. The summed E-state index contributed by atoms with van der Waals surface area (Å²) >= 11 is 9.40. The SMILES string of the molecule is Nc1nc(N2CCC3(CC2)Cc2sccc2[C@H]3N)cnc1Sc1ccnc(N)c1Cl. The first-order valence-corrected chi connectivity index (χ1v) is 11.8. The smallest absolute Gasteiger partial charge is 0.158 e. The molecule has 6 N–H and O–H groups in total. The summed E-state index contributed by atoms with van der Waals surface area (Å²) < 4.78 is 0. The van der Waals surface area contributed by atoms with Gasteiger partial charge in [0, 0.05) is 35.1 Å². The van der Waals surface area contributed by atoms with Crippen LogP contribution >= 0.6 is 34.7 Å². The van der Waals surface area contributed by atoms with E-state index in [0.29, 0.717) is 15.9 Å². The Hall–Kier alpha value is -2.07. The van der Waals surface area contributed by atoms with Crippen LogP contribution in [0.4, 0.5) is 17.5 Å². The Morgan fingerprint density at radius 1 is 1.17 bits per heavy atom. The van der Waals surface area contributed by atoms with Crippen molar-refractivity contribution in [3.63, 3.8) is 0 Å². The van der Waals surface area contributed by atoms with E-state index in [1.54, 1.807) is 18.5 Å². The Morgan fingerprint density at radius 3 is 2.70 bits per heavy atom. The van der Waals surface area contributed by atoms with E-state index in [1.807, 2.05) is 11.3 Å². The zero-order chi connectivity index (χ0) is 20.9. The molecule has 1 aliphatic heterocycles. The molecule has 3 aromatic heterocycles. The zero-order valence-corrected chi connectivity index (χ0v) is 18.6. The zero-order valence-electron chi connectivity index (χ0n) is 16.2. The molecule has 1 fully saturated rings. The molecular formula is C20H22ClN7S2. The second kappa shape index (κ2) is 7.56. The molecule has 1 aliphatic carbocycles. The Morgan fingerprint density at radius 2 is 1.97 bits per heavy atom. The molecule has 30 heavy (non-hydrogen) atoms. The predicted molar refractivity (Wildman–Crippen MR) is 123 cm³/mol. The van der Waals surface area contributed by atoms with Crippen molar-refractivity contribution >= 4 is 52.2 Å². The van der Waals surface area contributed by atoms with Gasteiger partial charge in [0.15, 0.2) is 5.82 Å². The molecule has 0 aromatic carbocycles. The van der Waals surface area contributed by atoms with Crippen LogP contribution in [0, 0.1) is 5.41 Å². The number of halogens is 1. The Bertz CT molecular complexity index is 1090. The van der Waals surface area contributed by atoms with Crippen LogP contribution < -0.4 is 22.1 Å². The van der Waals surface area contributed by atoms with Crippen LogP contribution in [0.1, 0.15) is 29.3 Å². The van der Waals surface area contributed by atoms with Gasteiger partial charge < -0.3 is 22.1 Å². The fraction of sp³-hybridized carbons (Fsp3) is 0.350. The maximum Gasteiger partial charge on any atom is 0.158 e. The standard InChI is InChI=1S/C20H22ClN7S2/c21-15-12(1-5-25-17(15)23)30-19-18(24)27-14(10-26-19)28-6-3-20(4-7-28)9-13-11(16(20)22)2-8-29-13/h1-2,5,8,10,16H,3-4,6-7,9,22H2,(H2,23,25)(H2,24,27)/t16-/m1/s1. The van der Waals surface area contributed by atoms with Gasteiger partial charge in [-0.1, -0.05) is 23.4 Å². The van der Waals surface area contributed by atoms with Crippen LogP contribution in [0.15, 0.2) is 39.8 Å². The highest BCUT2D eigenvalue weighted by atomic mass is 35.5. The third kappa shape index (κ3) is 3.30. The molecule has 0 unspecified atom stereocenters. The minimum Gasteiger partial charge on any atom is -0.382 e. The van der Waals surface area contributed by atoms with Gasteiger partial charge in [0.25, 0.3) is 0 Å². The maximum atomic E-state index is 6.64. The topological polar surface area (TPSA) is 120 Å². The lowest BCUT2D eigenvalue weighted by Crippen LogP contribution is -2.44. The van der Waals surface area contributed by atoms with Gasteiger partial charge in [-0.3, -0.25) is 0 Å². The minimum absolute atomic E-state index is 0.133. The van der Waals surface area contributed by atoms with Gasteiger partial charge in [-0.05, 0) is 47.8 Å². The molecule has 156 valence electrons. The van der Waals surface area contributed by atoms with Crippen molar-refractivity contribution in [2.75, 3.05) is 29.5 Å². The van der Waals surface area contributed by atoms with Crippen molar-refractivity contribution in [3.05, 3.63) is 45.4 Å². The molecule has 2 aliphatic rings. The van der Waals surface area contributed by atoms with E-state index in [-0.39, 0.29) is 17.3 Å². The molecule has 10 heteroatoms. The monoisotopic (exact) mass is 459 g/mol. The lowest BCUT2D eigenvalue weighted by Gasteiger charge is -2.42. The van der Waals surface area contributed by atoms with E-state index in [4.69, 9.17) is 28.8 Å². The van der Waals surface area contributed by atoms with Gasteiger partial charge in [-0.2, -0.15) is 0 Å². The summed E-state index contributed by atoms with van der Waals surface area (Å²) in [5.41, 5.74) is 20.1. The van der Waals surface area contributed by atoms with Crippen molar-refractivity contribution in [2.45, 2.75) is 35.2 Å². The molecule has 3 aromatic rings. The molecule has 7 nitrogen and oxygen atoms in total. The van der Waals surface area contributed by atoms with E-state index >= 15 is 0 Å². The van der Waals surface area contributed by atoms with Crippen molar-refractivity contribution in [3.8, 4) is 0 Å². The third-order valence-corrected chi connectivity index (χ3v) is 8.72. The van der Waals surface area contributed by atoms with Gasteiger partial charge in [0.05, 0.1) is 11.2 Å². The van der Waals surface area contributed by atoms with Gasteiger partial charge in [-0.15, -0.1) is 11.3 Å². The number of aromatic nitrogens is 3. The summed E-state index contributed by atoms with van der Waals surface area (Å²) in [5, 5.41) is 3.15. The molecule has 0 radical (unpaired) electrons. The molecule has 1 spiro atoms. The third-order valence-electron chi connectivity index (χ3n) is 6.21. The van der Waals surface area contributed by atoms with Gasteiger partial charge >= 0.3 is 0 Å². The molecule has 4 heterocycles. The molecule has 5 rings (SSSR count). The molecular weight excluding hydrogens is 438 g/mol. The minimum atomic E-state index is 0.133. The van der Waals surface area contributed by atoms with Crippen molar-refractivity contribution < 1.29 is 0 Å². The van der Waals surface area contributed by atoms with E-state index in [9.17, 15) is 0 Å². The normalized spacial score (nSPS) is 19.9. The van der Waals surface area contributed by atoms with Gasteiger partial charge in [0.2, 0.25) is 0 Å². The lowest BCUT2D eigenvalue weighted by molar-refractivity contribution is 0.187. The summed E-state index contributed by atoms with van der Waals surface area (Å²) in [7, 11) is 0. The van der Waals surface area contributed by atoms with E-state index in [1.165, 1.54) is 22.2 Å². The summed E-state index contributed by atoms with van der Waals surface area (Å²) in [6, 6.07) is 4.11. The van der Waals surface area contributed by atoms with Crippen LogP contribution in [-0.2, 0) is 6.42 Å². The molecule has 0 bridgehead atoms. The van der Waals surface area contributed by atoms with E-state index in [2.05, 4.69) is 31.3 Å². The van der Waals surface area contributed by atoms with Crippen LogP contribution in [0.5, 0.6) is 0 Å². The largest absolute Gasteiger partial charge is 0.382 e. The van der Waals surface area contributed by atoms with Crippen molar-refractivity contribution in [1.82, 2.24) is 15.0 Å². The van der Waals surface area contributed by atoms with Crippen molar-refractivity contribution in [2.24, 2.45) is 11.1 Å². The van der Waals surface area contributed by atoms with Gasteiger partial charge in [0.1, 0.15) is 16.7 Å². The number of nitrogen functional groups attached to an aromatic ring is 2. The number of piperidine rings is 1. The first-order chi connectivity index (χ1) is 14.5. The maximum absolute atomic E-state index is 6.64. The number of hydrogen-bond acceptors (Lipinski definition) is 9. The number of rotatable bonds is 3. The van der Waals surface area contributed by atoms with E-state index < -0.39 is 0 Å². The van der Waals surface area contributed by atoms with Crippen molar-refractivity contribution in [1.29, 1.82) is 0 Å². The highest BCUT2D eigenvalue weighted by Gasteiger charge is 2.46. The van der Waals surface area contributed by atoms with Crippen LogP contribution in [0.25, 0.3) is 0 Å². The lowest BCUT2D eigenvalue weighted by atomic mass is 9.73. The number of nitrogens with two attached hydrogens (primary N) is 3. The first kappa shape index (κ1) is 19.9. The van der Waals surface area contributed by atoms with Gasteiger partial charge in [-0.25, -0.2) is 15.0 Å². The fourth-order valence-electron chi connectivity index (χ4n) is 4.44. The average Bonchev–Trinajstić information content (AvgIpc) is 3.29. The average molecular weight is 460 g/mol. The number of anilines is 3. The second-order valence-electron chi connectivity index (χ2n) is 7.83. The first-order valence-electron chi connectivity index (χ1n) is 9.74. The predicted octanol–water partition coefficient (Wildman–Crippen LogP) is 3.74. The van der Waals surface area contributed by atoms with E-state index in [0.717, 1.165) is 43.1 Å². The van der Waals surface area contributed by atoms with Crippen LogP contribution in [-0.4, -0.2) is 28.0 Å². The molecule has 1 saturated heterocycles. The number of thiophene rings is 1. The number of nitrogens with zero attached hydrogens (tertiary/aromatic N) is 4. The number of pyridine rings is 1. The highest BCUT2D eigenvalue weighted by Crippen LogP contribution is 2.52. The Balaban J connectivity index is 1.29.